The van der Waals surface area contributed by atoms with E-state index in [1.165, 1.54) is 0 Å². The van der Waals surface area contributed by atoms with Crippen molar-refractivity contribution in [2.45, 2.75) is 39.2 Å². The summed E-state index contributed by atoms with van der Waals surface area (Å²) >= 11 is 0. The van der Waals surface area contributed by atoms with Crippen LogP contribution in [0.5, 0.6) is 0 Å². The molecule has 0 saturated carbocycles. The van der Waals surface area contributed by atoms with E-state index in [4.69, 9.17) is 0 Å². The molecule has 0 amide bonds. The fourth-order valence-electron chi connectivity index (χ4n) is 2.80. The lowest BCUT2D eigenvalue weighted by atomic mass is 10.0. The van der Waals surface area contributed by atoms with Crippen LogP contribution in [0.15, 0.2) is 12.1 Å². The van der Waals surface area contributed by atoms with Gasteiger partial charge in [-0.25, -0.2) is 9.78 Å². The van der Waals surface area contributed by atoms with Gasteiger partial charge >= 0.3 is 5.97 Å². The zero-order valence-electron chi connectivity index (χ0n) is 12.0. The number of carbonyl (C=O) groups is 1. The zero-order valence-corrected chi connectivity index (χ0v) is 12.0. The maximum atomic E-state index is 11.2. The highest BCUT2D eigenvalue weighted by Crippen LogP contribution is 2.29. The Bertz CT molecular complexity index is 490. The number of rotatable bonds is 5. The maximum Gasteiger partial charge on any atom is 0.335 e. The smallest absolute Gasteiger partial charge is 0.335 e. The van der Waals surface area contributed by atoms with Gasteiger partial charge in [0.2, 0.25) is 0 Å². The Labute approximate surface area is 119 Å². The van der Waals surface area contributed by atoms with Gasteiger partial charge in [0.15, 0.2) is 0 Å². The molecule has 2 atom stereocenters. The number of aromatic carboxylic acids is 1. The molecule has 0 aliphatic carbocycles. The molecular weight excluding hydrogens is 256 g/mol. The number of carboxylic acids is 1. The number of carboxylic acid groups (broad SMARTS) is 1. The summed E-state index contributed by atoms with van der Waals surface area (Å²) in [4.78, 5) is 17.9. The highest BCUT2D eigenvalue weighted by molar-refractivity contribution is 5.88. The molecule has 20 heavy (non-hydrogen) atoms. The van der Waals surface area contributed by atoms with Crippen molar-refractivity contribution in [3.63, 3.8) is 0 Å². The molecule has 0 bridgehead atoms. The molecule has 0 aromatic carbocycles. The number of anilines is 1. The van der Waals surface area contributed by atoms with E-state index < -0.39 is 5.97 Å². The number of hydrogen-bond donors (Lipinski definition) is 2. The van der Waals surface area contributed by atoms with Crippen molar-refractivity contribution in [2.75, 3.05) is 18.1 Å². The number of hydrogen-bond acceptors (Lipinski definition) is 4. The first kappa shape index (κ1) is 14.8. The summed E-state index contributed by atoms with van der Waals surface area (Å²) in [7, 11) is 0. The van der Waals surface area contributed by atoms with Crippen LogP contribution in [0.4, 0.5) is 5.82 Å². The first-order valence-electron chi connectivity index (χ1n) is 7.18. The normalized spacial score (nSPS) is 22.2. The Kier molecular flexibility index (Phi) is 4.60. The summed E-state index contributed by atoms with van der Waals surface area (Å²) in [5.41, 5.74) is 1.08. The van der Waals surface area contributed by atoms with Gasteiger partial charge in [-0.3, -0.25) is 0 Å². The first-order chi connectivity index (χ1) is 9.56. The molecule has 1 aromatic heterocycles. The number of nitrogens with zero attached hydrogens (tertiary/aromatic N) is 2. The predicted molar refractivity (Wildman–Crippen MR) is 77.2 cm³/mol. The summed E-state index contributed by atoms with van der Waals surface area (Å²) in [5, 5.41) is 18.8. The van der Waals surface area contributed by atoms with Crippen molar-refractivity contribution < 1.29 is 15.0 Å². The van der Waals surface area contributed by atoms with E-state index in [0.717, 1.165) is 31.5 Å². The van der Waals surface area contributed by atoms with Crippen molar-refractivity contribution >= 4 is 11.8 Å². The summed E-state index contributed by atoms with van der Waals surface area (Å²) in [6, 6.07) is 3.28. The molecule has 0 spiro atoms. The molecule has 5 nitrogen and oxygen atoms in total. The van der Waals surface area contributed by atoms with Gasteiger partial charge in [0, 0.05) is 12.2 Å². The van der Waals surface area contributed by atoms with E-state index in [1.807, 2.05) is 11.8 Å². The van der Waals surface area contributed by atoms with Gasteiger partial charge in [-0.05, 0) is 30.9 Å². The summed E-state index contributed by atoms with van der Waals surface area (Å²) in [6.45, 7) is 5.04. The van der Waals surface area contributed by atoms with E-state index >= 15 is 0 Å². The van der Waals surface area contributed by atoms with Crippen LogP contribution in [-0.2, 0) is 6.42 Å². The molecular formula is C15H22N2O3. The molecule has 1 fully saturated rings. The second-order valence-electron chi connectivity index (χ2n) is 5.47. The van der Waals surface area contributed by atoms with Gasteiger partial charge in [0.25, 0.3) is 0 Å². The number of pyridine rings is 1. The Hall–Kier alpha value is -1.62. The number of aromatic nitrogens is 1. The molecule has 1 aliphatic heterocycles. The quantitative estimate of drug-likeness (QED) is 0.861. The fraction of sp³-hybridized carbons (Fsp3) is 0.600. The number of aryl methyl sites for hydroxylation is 1. The molecule has 2 heterocycles. The van der Waals surface area contributed by atoms with Crippen molar-refractivity contribution in [1.82, 2.24) is 4.98 Å². The van der Waals surface area contributed by atoms with Crippen LogP contribution in [0.2, 0.25) is 0 Å². The summed E-state index contributed by atoms with van der Waals surface area (Å²) < 4.78 is 0. The van der Waals surface area contributed by atoms with E-state index in [0.29, 0.717) is 11.7 Å². The lowest BCUT2D eigenvalue weighted by Gasteiger charge is -2.27. The SMILES string of the molecule is CCCc1cc(C(=O)O)cc(N2CCC(C)C2CO)n1. The Balaban J connectivity index is 2.37. The molecule has 2 unspecified atom stereocenters. The molecule has 2 N–H and O–H groups in total. The third kappa shape index (κ3) is 2.93. The lowest BCUT2D eigenvalue weighted by molar-refractivity contribution is 0.0696. The van der Waals surface area contributed by atoms with Gasteiger partial charge in [-0.2, -0.15) is 0 Å². The standard InChI is InChI=1S/C15H22N2O3/c1-3-4-12-7-11(15(19)20)8-14(16-12)17-6-5-10(2)13(17)9-18/h7-8,10,13,18H,3-6,9H2,1-2H3,(H,19,20). The average molecular weight is 278 g/mol. The van der Waals surface area contributed by atoms with E-state index in [1.54, 1.807) is 12.1 Å². The minimum absolute atomic E-state index is 0.0287. The monoisotopic (exact) mass is 278 g/mol. The van der Waals surface area contributed by atoms with E-state index in [-0.39, 0.29) is 18.2 Å². The summed E-state index contributed by atoms with van der Waals surface area (Å²) in [6.07, 6.45) is 2.68. The molecule has 1 aromatic rings. The Morgan fingerprint density at radius 2 is 2.25 bits per heavy atom. The van der Waals surface area contributed by atoms with Gasteiger partial charge in [-0.15, -0.1) is 0 Å². The van der Waals surface area contributed by atoms with Crippen molar-refractivity contribution in [2.24, 2.45) is 5.92 Å². The van der Waals surface area contributed by atoms with Crippen molar-refractivity contribution in [1.29, 1.82) is 0 Å². The minimum atomic E-state index is -0.932. The van der Waals surface area contributed by atoms with Crippen LogP contribution in [0.3, 0.4) is 0 Å². The second kappa shape index (κ2) is 6.22. The van der Waals surface area contributed by atoms with Crippen LogP contribution < -0.4 is 4.90 Å². The van der Waals surface area contributed by atoms with Gasteiger partial charge in [0.05, 0.1) is 18.2 Å². The molecule has 1 aliphatic rings. The first-order valence-corrected chi connectivity index (χ1v) is 7.18. The van der Waals surface area contributed by atoms with E-state index in [9.17, 15) is 15.0 Å². The van der Waals surface area contributed by atoms with Gasteiger partial charge in [0.1, 0.15) is 5.82 Å². The highest BCUT2D eigenvalue weighted by atomic mass is 16.4. The summed E-state index contributed by atoms with van der Waals surface area (Å²) in [5.74, 6) is 0.139. The second-order valence-corrected chi connectivity index (χ2v) is 5.47. The highest BCUT2D eigenvalue weighted by Gasteiger charge is 2.31. The van der Waals surface area contributed by atoms with E-state index in [2.05, 4.69) is 11.9 Å². The van der Waals surface area contributed by atoms with Gasteiger partial charge in [-0.1, -0.05) is 20.3 Å². The average Bonchev–Trinajstić information content (AvgIpc) is 2.79. The minimum Gasteiger partial charge on any atom is -0.478 e. The Morgan fingerprint density at radius 1 is 1.50 bits per heavy atom. The lowest BCUT2D eigenvalue weighted by Crippen LogP contribution is -2.36. The Morgan fingerprint density at radius 3 is 2.85 bits per heavy atom. The molecule has 110 valence electrons. The zero-order chi connectivity index (χ0) is 14.7. The third-order valence-electron chi connectivity index (χ3n) is 3.98. The largest absolute Gasteiger partial charge is 0.478 e. The van der Waals surface area contributed by atoms with Crippen LogP contribution in [0, 0.1) is 5.92 Å². The van der Waals surface area contributed by atoms with Crippen LogP contribution in [0.1, 0.15) is 42.7 Å². The maximum absolute atomic E-state index is 11.2. The van der Waals surface area contributed by atoms with Crippen LogP contribution >= 0.6 is 0 Å². The number of aliphatic hydroxyl groups excluding tert-OH is 1. The molecule has 2 rings (SSSR count). The van der Waals surface area contributed by atoms with Crippen LogP contribution in [-0.4, -0.2) is 40.4 Å². The van der Waals surface area contributed by atoms with Crippen LogP contribution in [0.25, 0.3) is 0 Å². The molecule has 1 saturated heterocycles. The molecule has 5 heteroatoms. The van der Waals surface area contributed by atoms with Crippen molar-refractivity contribution in [3.8, 4) is 0 Å². The third-order valence-corrected chi connectivity index (χ3v) is 3.98. The fourth-order valence-corrected chi connectivity index (χ4v) is 2.80. The topological polar surface area (TPSA) is 73.7 Å². The van der Waals surface area contributed by atoms with Crippen molar-refractivity contribution in [3.05, 3.63) is 23.4 Å². The predicted octanol–water partition coefficient (Wildman–Crippen LogP) is 1.94. The van der Waals surface area contributed by atoms with Gasteiger partial charge < -0.3 is 15.1 Å². The molecule has 0 radical (unpaired) electrons. The number of aliphatic hydroxyl groups is 1.